The number of halogens is 2. The minimum atomic E-state index is -3.89. The van der Waals surface area contributed by atoms with Gasteiger partial charge in [0.25, 0.3) is 5.56 Å². The van der Waals surface area contributed by atoms with Gasteiger partial charge in [-0.2, -0.15) is 4.31 Å². The van der Waals surface area contributed by atoms with Crippen molar-refractivity contribution in [2.24, 2.45) is 0 Å². The van der Waals surface area contributed by atoms with E-state index < -0.39 is 33.9 Å². The number of carbonyl (C=O) groups is 1. The first-order valence-electron chi connectivity index (χ1n) is 8.23. The second-order valence-corrected chi connectivity index (χ2v) is 8.40. The maximum atomic E-state index is 13.1. The SMILES string of the molecule is O=C(Cn1cccc(S(=O)(=O)N2CCCC2)c1=O)Nc1ccc(F)cc1Cl. The Morgan fingerprint density at radius 2 is 1.93 bits per heavy atom. The molecule has 2 heterocycles. The van der Waals surface area contributed by atoms with E-state index in [0.717, 1.165) is 29.5 Å². The van der Waals surface area contributed by atoms with Crippen LogP contribution < -0.4 is 10.9 Å². The molecule has 1 N–H and O–H groups in total. The lowest BCUT2D eigenvalue weighted by atomic mass is 10.3. The lowest BCUT2D eigenvalue weighted by molar-refractivity contribution is -0.116. The zero-order valence-corrected chi connectivity index (χ0v) is 15.8. The molecule has 1 aromatic carbocycles. The van der Waals surface area contributed by atoms with Crippen LogP contribution in [0.4, 0.5) is 10.1 Å². The number of anilines is 1. The molecule has 0 unspecified atom stereocenters. The van der Waals surface area contributed by atoms with Gasteiger partial charge < -0.3 is 9.88 Å². The smallest absolute Gasteiger partial charge is 0.271 e. The molecule has 0 atom stereocenters. The number of amides is 1. The van der Waals surface area contributed by atoms with Gasteiger partial charge in [0.2, 0.25) is 15.9 Å². The fourth-order valence-electron chi connectivity index (χ4n) is 2.84. The molecule has 1 fully saturated rings. The minimum absolute atomic E-state index is 0.0149. The van der Waals surface area contributed by atoms with E-state index in [1.165, 1.54) is 28.7 Å². The van der Waals surface area contributed by atoms with Crippen LogP contribution >= 0.6 is 11.6 Å². The Morgan fingerprint density at radius 3 is 2.59 bits per heavy atom. The van der Waals surface area contributed by atoms with E-state index in [0.29, 0.717) is 13.1 Å². The lowest BCUT2D eigenvalue weighted by Gasteiger charge is -2.16. The highest BCUT2D eigenvalue weighted by atomic mass is 35.5. The molecule has 1 aliphatic heterocycles. The minimum Gasteiger partial charge on any atom is -0.323 e. The molecule has 2 aromatic rings. The van der Waals surface area contributed by atoms with Crippen molar-refractivity contribution in [2.45, 2.75) is 24.3 Å². The van der Waals surface area contributed by atoms with E-state index in [-0.39, 0.29) is 15.6 Å². The molecule has 0 radical (unpaired) electrons. The van der Waals surface area contributed by atoms with Crippen molar-refractivity contribution in [3.05, 3.63) is 57.7 Å². The van der Waals surface area contributed by atoms with Crippen LogP contribution in [0.1, 0.15) is 12.8 Å². The summed E-state index contributed by atoms with van der Waals surface area (Å²) in [5.41, 5.74) is -0.582. The average Bonchev–Trinajstić information content (AvgIpc) is 3.14. The van der Waals surface area contributed by atoms with E-state index in [1.807, 2.05) is 0 Å². The van der Waals surface area contributed by atoms with Gasteiger partial charge in [-0.05, 0) is 43.2 Å². The lowest BCUT2D eigenvalue weighted by Crippen LogP contribution is -2.36. The van der Waals surface area contributed by atoms with Crippen LogP contribution in [0.3, 0.4) is 0 Å². The molecule has 0 saturated carbocycles. The second-order valence-electron chi connectivity index (χ2n) is 6.09. The van der Waals surface area contributed by atoms with E-state index in [9.17, 15) is 22.4 Å². The van der Waals surface area contributed by atoms with E-state index in [4.69, 9.17) is 11.6 Å². The summed E-state index contributed by atoms with van der Waals surface area (Å²) in [6, 6.07) is 6.12. The Labute approximate surface area is 160 Å². The number of hydrogen-bond donors (Lipinski definition) is 1. The zero-order valence-electron chi connectivity index (χ0n) is 14.2. The quantitative estimate of drug-likeness (QED) is 0.812. The van der Waals surface area contributed by atoms with Crippen LogP contribution in [-0.2, 0) is 21.4 Å². The fourth-order valence-corrected chi connectivity index (χ4v) is 4.66. The van der Waals surface area contributed by atoms with Crippen molar-refractivity contribution < 1.29 is 17.6 Å². The van der Waals surface area contributed by atoms with Crippen molar-refractivity contribution in [2.75, 3.05) is 18.4 Å². The molecule has 0 bridgehead atoms. The maximum Gasteiger partial charge on any atom is 0.271 e. The van der Waals surface area contributed by atoms with Gasteiger partial charge in [-0.25, -0.2) is 12.8 Å². The average molecular weight is 414 g/mol. The molecular formula is C17H17ClFN3O4S. The van der Waals surface area contributed by atoms with Gasteiger partial charge in [-0.3, -0.25) is 9.59 Å². The molecule has 3 rings (SSSR count). The molecule has 1 saturated heterocycles. The molecule has 0 spiro atoms. The third-order valence-corrected chi connectivity index (χ3v) is 6.41. The van der Waals surface area contributed by atoms with E-state index >= 15 is 0 Å². The summed E-state index contributed by atoms with van der Waals surface area (Å²) < 4.78 is 40.6. The molecule has 144 valence electrons. The summed E-state index contributed by atoms with van der Waals surface area (Å²) in [7, 11) is -3.89. The predicted octanol–water partition coefficient (Wildman–Crippen LogP) is 2.06. The van der Waals surface area contributed by atoms with Gasteiger partial charge in [0, 0.05) is 19.3 Å². The van der Waals surface area contributed by atoms with E-state index in [2.05, 4.69) is 5.32 Å². The second kappa shape index (κ2) is 7.79. The van der Waals surface area contributed by atoms with Crippen LogP contribution in [0.25, 0.3) is 0 Å². The molecule has 27 heavy (non-hydrogen) atoms. The number of benzene rings is 1. The summed E-state index contributed by atoms with van der Waals surface area (Å²) in [5.74, 6) is -1.14. The molecule has 1 amide bonds. The highest BCUT2D eigenvalue weighted by Crippen LogP contribution is 2.22. The number of rotatable bonds is 5. The first-order valence-corrected chi connectivity index (χ1v) is 10.1. The van der Waals surface area contributed by atoms with Crippen molar-refractivity contribution in [3.8, 4) is 0 Å². The number of carbonyl (C=O) groups excluding carboxylic acids is 1. The molecule has 1 aliphatic rings. The van der Waals surface area contributed by atoms with Gasteiger partial charge in [-0.1, -0.05) is 11.6 Å². The first kappa shape index (κ1) is 19.5. The number of sulfonamides is 1. The van der Waals surface area contributed by atoms with Gasteiger partial charge in [0.1, 0.15) is 17.3 Å². The zero-order chi connectivity index (χ0) is 19.6. The van der Waals surface area contributed by atoms with Gasteiger partial charge >= 0.3 is 0 Å². The van der Waals surface area contributed by atoms with Crippen LogP contribution in [-0.4, -0.2) is 36.3 Å². The highest BCUT2D eigenvalue weighted by molar-refractivity contribution is 7.89. The number of nitrogens with one attached hydrogen (secondary N) is 1. The number of nitrogens with zero attached hydrogens (tertiary/aromatic N) is 2. The Kier molecular flexibility index (Phi) is 5.64. The molecular weight excluding hydrogens is 397 g/mol. The summed E-state index contributed by atoms with van der Waals surface area (Å²) in [5, 5.41) is 2.48. The van der Waals surface area contributed by atoms with Crippen molar-refractivity contribution in [3.63, 3.8) is 0 Å². The van der Waals surface area contributed by atoms with E-state index in [1.54, 1.807) is 0 Å². The summed E-state index contributed by atoms with van der Waals surface area (Å²) >= 11 is 5.86. The molecule has 1 aromatic heterocycles. The summed E-state index contributed by atoms with van der Waals surface area (Å²) in [6.45, 7) is 0.344. The van der Waals surface area contributed by atoms with Crippen molar-refractivity contribution >= 4 is 33.2 Å². The third-order valence-electron chi connectivity index (χ3n) is 4.19. The van der Waals surface area contributed by atoms with Crippen molar-refractivity contribution in [1.29, 1.82) is 0 Å². The molecule has 0 aliphatic carbocycles. The largest absolute Gasteiger partial charge is 0.323 e. The first-order chi connectivity index (χ1) is 12.8. The third kappa shape index (κ3) is 4.20. The van der Waals surface area contributed by atoms with Gasteiger partial charge in [0.15, 0.2) is 0 Å². The Bertz CT molecular complexity index is 1030. The highest BCUT2D eigenvalue weighted by Gasteiger charge is 2.30. The number of hydrogen-bond acceptors (Lipinski definition) is 4. The normalized spacial score (nSPS) is 15.0. The monoisotopic (exact) mass is 413 g/mol. The van der Waals surface area contributed by atoms with Crippen LogP contribution in [0, 0.1) is 5.82 Å². The van der Waals surface area contributed by atoms with Crippen LogP contribution in [0.5, 0.6) is 0 Å². The Balaban J connectivity index is 1.81. The van der Waals surface area contributed by atoms with Gasteiger partial charge in [0.05, 0.1) is 10.7 Å². The molecule has 7 nitrogen and oxygen atoms in total. The Hall–Kier alpha value is -2.23. The van der Waals surface area contributed by atoms with Crippen LogP contribution in [0.2, 0.25) is 5.02 Å². The van der Waals surface area contributed by atoms with Crippen LogP contribution in [0.15, 0.2) is 46.2 Å². The number of pyridine rings is 1. The molecule has 10 heteroatoms. The summed E-state index contributed by atoms with van der Waals surface area (Å²) in [4.78, 5) is 24.4. The Morgan fingerprint density at radius 1 is 1.22 bits per heavy atom. The van der Waals surface area contributed by atoms with Crippen molar-refractivity contribution in [1.82, 2.24) is 8.87 Å². The fraction of sp³-hybridized carbons (Fsp3) is 0.294. The standard InChI is InChI=1S/C17H17ClFN3O4S/c18-13-10-12(19)5-6-14(13)20-16(23)11-21-7-3-4-15(17(21)24)27(25,26)22-8-1-2-9-22/h3-7,10H,1-2,8-9,11H2,(H,20,23). The topological polar surface area (TPSA) is 88.5 Å². The maximum absolute atomic E-state index is 13.1. The summed E-state index contributed by atoms with van der Waals surface area (Å²) in [6.07, 6.45) is 2.83. The predicted molar refractivity (Wildman–Crippen MR) is 98.7 cm³/mol. The van der Waals surface area contributed by atoms with Gasteiger partial charge in [-0.15, -0.1) is 0 Å². The number of aromatic nitrogens is 1.